The van der Waals surface area contributed by atoms with Gasteiger partial charge in [-0.1, -0.05) is 47.5 Å². The second-order valence-corrected chi connectivity index (χ2v) is 13.1. The molecule has 3 N–H and O–H groups in total. The molecule has 6 heterocycles. The summed E-state index contributed by atoms with van der Waals surface area (Å²) in [5, 5.41) is 21.0. The molecule has 5 aromatic rings. The Labute approximate surface area is 297 Å². The largest absolute Gasteiger partial charge is 0.493 e. The van der Waals surface area contributed by atoms with E-state index in [4.69, 9.17) is 37.7 Å². The van der Waals surface area contributed by atoms with Gasteiger partial charge in [-0.15, -0.1) is 5.10 Å². The van der Waals surface area contributed by atoms with Crippen molar-refractivity contribution in [2.45, 2.75) is 32.0 Å². The van der Waals surface area contributed by atoms with Gasteiger partial charge in [0.25, 0.3) is 0 Å². The maximum absolute atomic E-state index is 11.5. The number of carbonyl (C=O) groups excluding carboxylic acids is 1. The van der Waals surface area contributed by atoms with E-state index < -0.39 is 5.97 Å². The predicted molar refractivity (Wildman–Crippen MR) is 187 cm³/mol. The van der Waals surface area contributed by atoms with E-state index in [1.54, 1.807) is 31.1 Å². The number of pyridine rings is 3. The van der Waals surface area contributed by atoms with Gasteiger partial charge in [0.1, 0.15) is 0 Å². The Kier molecular flexibility index (Phi) is 9.56. The van der Waals surface area contributed by atoms with Crippen LogP contribution in [0.4, 0.5) is 0 Å². The number of carboxylic acids is 1. The smallest absolute Gasteiger partial charge is 0.309 e. The van der Waals surface area contributed by atoms with Crippen LogP contribution in [0.5, 0.6) is 11.6 Å². The average Bonchev–Trinajstić information content (AvgIpc) is 3.71. The first-order chi connectivity index (χ1) is 24.2. The first kappa shape index (κ1) is 33.7. The second kappa shape index (κ2) is 14.2. The first-order valence-corrected chi connectivity index (χ1v) is 16.8. The average molecular weight is 718 g/mol. The predicted octanol–water partition coefficient (Wildman–Crippen LogP) is 4.73. The summed E-state index contributed by atoms with van der Waals surface area (Å²) >= 11 is 14.2. The fourth-order valence-corrected chi connectivity index (χ4v) is 6.98. The highest BCUT2D eigenvalue weighted by atomic mass is 35.5. The van der Waals surface area contributed by atoms with Crippen molar-refractivity contribution in [1.29, 1.82) is 0 Å². The van der Waals surface area contributed by atoms with Gasteiger partial charge in [0, 0.05) is 78.9 Å². The standard InChI is InChI=1S/C35H34Cl2N8O5/c1-49-27-12-20(17-45-33(27)42-28(43-45)18-44-15-21(16-44)35(47)48)32-31(37)24(10-11-39-32)23-4-3-5-25(30(23)36)26-8-6-19(34(41-26)50-2)13-38-14-22-7-9-29(46)40-22/h3-6,8,10-12,17,21-22,38H,7,9,13-16,18H2,1-2H3,(H,40,46)(H,47,48). The fourth-order valence-electron chi connectivity index (χ4n) is 6.34. The Morgan fingerprint density at radius 1 is 1.06 bits per heavy atom. The lowest BCUT2D eigenvalue weighted by atomic mass is 10.00. The third-order valence-corrected chi connectivity index (χ3v) is 9.78. The molecule has 0 bridgehead atoms. The minimum Gasteiger partial charge on any atom is -0.493 e. The summed E-state index contributed by atoms with van der Waals surface area (Å²) in [6, 6.07) is 13.3. The number of aromatic nitrogens is 5. The molecule has 50 heavy (non-hydrogen) atoms. The van der Waals surface area contributed by atoms with Gasteiger partial charge in [-0.25, -0.2) is 14.5 Å². The van der Waals surface area contributed by atoms with E-state index in [9.17, 15) is 14.7 Å². The van der Waals surface area contributed by atoms with Crippen LogP contribution in [-0.4, -0.2) is 86.3 Å². The van der Waals surface area contributed by atoms with Crippen LogP contribution in [0.3, 0.4) is 0 Å². The number of halogens is 2. The zero-order valence-electron chi connectivity index (χ0n) is 27.3. The lowest BCUT2D eigenvalue weighted by Crippen LogP contribution is -2.49. The number of rotatable bonds is 12. The van der Waals surface area contributed by atoms with Crippen molar-refractivity contribution in [2.75, 3.05) is 33.9 Å². The van der Waals surface area contributed by atoms with Gasteiger partial charge in [-0.05, 0) is 24.6 Å². The Morgan fingerprint density at radius 2 is 1.86 bits per heavy atom. The van der Waals surface area contributed by atoms with Crippen molar-refractivity contribution in [3.63, 3.8) is 0 Å². The minimum absolute atomic E-state index is 0.0877. The molecule has 1 aromatic carbocycles. The van der Waals surface area contributed by atoms with E-state index in [2.05, 4.69) is 25.7 Å². The van der Waals surface area contributed by atoms with Crippen LogP contribution in [0.1, 0.15) is 24.2 Å². The molecule has 2 saturated heterocycles. The number of hydrogen-bond acceptors (Lipinski definition) is 10. The Hall–Kier alpha value is -4.82. The molecule has 0 radical (unpaired) electrons. The molecule has 13 nitrogen and oxygen atoms in total. The zero-order chi connectivity index (χ0) is 34.9. The van der Waals surface area contributed by atoms with E-state index in [-0.39, 0.29) is 17.9 Å². The number of ether oxygens (including phenoxy) is 2. The van der Waals surface area contributed by atoms with Crippen LogP contribution >= 0.6 is 23.2 Å². The third-order valence-electron chi connectivity index (χ3n) is 8.99. The number of methoxy groups -OCH3 is 2. The summed E-state index contributed by atoms with van der Waals surface area (Å²) in [5.74, 6) is 0.443. The van der Waals surface area contributed by atoms with Crippen molar-refractivity contribution in [2.24, 2.45) is 5.92 Å². The van der Waals surface area contributed by atoms with Gasteiger partial charge >= 0.3 is 5.97 Å². The molecular formula is C35H34Cl2N8O5. The number of benzene rings is 1. The molecular weight excluding hydrogens is 683 g/mol. The van der Waals surface area contributed by atoms with Crippen LogP contribution in [0, 0.1) is 5.92 Å². The molecule has 0 spiro atoms. The number of amides is 1. The highest BCUT2D eigenvalue weighted by molar-refractivity contribution is 6.39. The van der Waals surface area contributed by atoms with Gasteiger partial charge < -0.3 is 25.2 Å². The highest BCUT2D eigenvalue weighted by Gasteiger charge is 2.33. The summed E-state index contributed by atoms with van der Waals surface area (Å²) in [6.45, 7) is 2.53. The maximum Gasteiger partial charge on any atom is 0.309 e. The van der Waals surface area contributed by atoms with E-state index in [0.29, 0.717) is 106 Å². The summed E-state index contributed by atoms with van der Waals surface area (Å²) < 4.78 is 12.9. The zero-order valence-corrected chi connectivity index (χ0v) is 28.8. The number of carbonyl (C=O) groups is 2. The van der Waals surface area contributed by atoms with Crippen molar-refractivity contribution >= 4 is 40.7 Å². The number of hydrogen-bond donors (Lipinski definition) is 3. The molecule has 2 aliphatic rings. The van der Waals surface area contributed by atoms with Gasteiger partial charge in [-0.3, -0.25) is 19.5 Å². The Balaban J connectivity index is 1.15. The molecule has 0 aliphatic carbocycles. The van der Waals surface area contributed by atoms with Crippen LogP contribution in [0.2, 0.25) is 10.0 Å². The molecule has 1 amide bonds. The fraction of sp³-hybridized carbons (Fsp3) is 0.314. The summed E-state index contributed by atoms with van der Waals surface area (Å²) in [7, 11) is 3.14. The van der Waals surface area contributed by atoms with Crippen molar-refractivity contribution in [3.8, 4) is 45.3 Å². The number of fused-ring (bicyclic) bond motifs is 1. The first-order valence-electron chi connectivity index (χ1n) is 16.1. The highest BCUT2D eigenvalue weighted by Crippen LogP contribution is 2.42. The quantitative estimate of drug-likeness (QED) is 0.164. The molecule has 0 saturated carbocycles. The van der Waals surface area contributed by atoms with E-state index in [0.717, 1.165) is 12.0 Å². The normalized spacial score (nSPS) is 16.4. The summed E-state index contributed by atoms with van der Waals surface area (Å²) in [5.41, 5.74) is 5.30. The summed E-state index contributed by atoms with van der Waals surface area (Å²) in [4.78, 5) is 38.7. The lowest BCUT2D eigenvalue weighted by molar-refractivity contribution is -0.147. The van der Waals surface area contributed by atoms with Gasteiger partial charge in [0.15, 0.2) is 17.2 Å². The van der Waals surface area contributed by atoms with Gasteiger partial charge in [-0.2, -0.15) is 0 Å². The molecule has 1 unspecified atom stereocenters. The topological polar surface area (TPSA) is 156 Å². The SMILES string of the molecule is COc1nc(-c2cccc(-c3ccnc(-c4cc(OC)c5nc(CN6CC(C(=O)O)C6)nn5c4)c3Cl)c2Cl)ccc1CNCC1CCC(=O)N1. The number of aliphatic carboxylic acids is 1. The monoisotopic (exact) mass is 716 g/mol. The number of likely N-dealkylation sites (tertiary alicyclic amines) is 1. The van der Waals surface area contributed by atoms with E-state index >= 15 is 0 Å². The van der Waals surface area contributed by atoms with E-state index in [1.807, 2.05) is 47.4 Å². The molecule has 258 valence electrons. The lowest BCUT2D eigenvalue weighted by Gasteiger charge is -2.35. The Morgan fingerprint density at radius 3 is 2.60 bits per heavy atom. The van der Waals surface area contributed by atoms with Crippen LogP contribution in [-0.2, 0) is 22.7 Å². The van der Waals surface area contributed by atoms with Crippen LogP contribution in [0.15, 0.2) is 54.9 Å². The molecule has 2 aliphatic heterocycles. The van der Waals surface area contributed by atoms with Crippen molar-refractivity contribution in [1.82, 2.24) is 40.1 Å². The molecule has 15 heteroatoms. The van der Waals surface area contributed by atoms with Crippen molar-refractivity contribution < 1.29 is 24.2 Å². The van der Waals surface area contributed by atoms with Crippen LogP contribution in [0.25, 0.3) is 39.3 Å². The summed E-state index contributed by atoms with van der Waals surface area (Å²) in [6.07, 6.45) is 4.84. The van der Waals surface area contributed by atoms with Crippen molar-refractivity contribution in [3.05, 3.63) is 76.3 Å². The van der Waals surface area contributed by atoms with Gasteiger partial charge in [0.2, 0.25) is 11.8 Å². The molecule has 7 rings (SSSR count). The number of carboxylic acid groups (broad SMARTS) is 1. The van der Waals surface area contributed by atoms with E-state index in [1.165, 1.54) is 0 Å². The molecule has 1 atom stereocenters. The second-order valence-electron chi connectivity index (χ2n) is 12.3. The number of nitrogens with zero attached hydrogens (tertiary/aromatic N) is 6. The Bertz CT molecular complexity index is 2100. The third kappa shape index (κ3) is 6.69. The molecule has 2 fully saturated rings. The van der Waals surface area contributed by atoms with Gasteiger partial charge in [0.05, 0.1) is 48.1 Å². The minimum atomic E-state index is -0.793. The number of nitrogens with one attached hydrogen (secondary N) is 2. The maximum atomic E-state index is 11.5. The van der Waals surface area contributed by atoms with Crippen LogP contribution < -0.4 is 20.1 Å². The molecule has 4 aromatic heterocycles.